The summed E-state index contributed by atoms with van der Waals surface area (Å²) in [7, 11) is 1.71. The minimum Gasteiger partial charge on any atom is -0.382 e. The van der Waals surface area contributed by atoms with Gasteiger partial charge in [-0.05, 0) is 6.07 Å². The van der Waals surface area contributed by atoms with E-state index in [0.717, 1.165) is 0 Å². The number of non-ortho nitro benzene ring substituents is 1. The van der Waals surface area contributed by atoms with Crippen molar-refractivity contribution in [2.75, 3.05) is 5.73 Å². The van der Waals surface area contributed by atoms with E-state index in [2.05, 4.69) is 5.10 Å². The molecule has 0 aliphatic rings. The Morgan fingerprint density at radius 3 is 2.71 bits per heavy atom. The van der Waals surface area contributed by atoms with Gasteiger partial charge in [0.15, 0.2) is 5.82 Å². The van der Waals surface area contributed by atoms with Crippen molar-refractivity contribution in [3.05, 3.63) is 39.5 Å². The van der Waals surface area contributed by atoms with Crippen molar-refractivity contribution in [2.24, 2.45) is 7.05 Å². The number of nitrogens with zero attached hydrogens (tertiary/aromatic N) is 3. The van der Waals surface area contributed by atoms with Crippen LogP contribution in [0.4, 0.5) is 11.5 Å². The van der Waals surface area contributed by atoms with E-state index in [1.165, 1.54) is 22.9 Å². The van der Waals surface area contributed by atoms with Crippen molar-refractivity contribution < 1.29 is 4.92 Å². The summed E-state index contributed by atoms with van der Waals surface area (Å²) in [5, 5.41) is 15.1. The molecule has 0 fully saturated rings. The first-order valence-corrected chi connectivity index (χ1v) is 5.10. The third kappa shape index (κ3) is 2.07. The Labute approximate surface area is 102 Å². The van der Waals surface area contributed by atoms with Crippen LogP contribution in [0.3, 0.4) is 0 Å². The van der Waals surface area contributed by atoms with Gasteiger partial charge >= 0.3 is 0 Å². The summed E-state index contributed by atoms with van der Waals surface area (Å²) >= 11 is 6.00. The zero-order valence-electron chi connectivity index (χ0n) is 8.92. The standard InChI is InChI=1S/C10H9ClN4O2/c1-14-5-8(10(12)13-14)7-4-6(15(16)17)2-3-9(7)11/h2-5H,1H3,(H2,12,13). The highest BCUT2D eigenvalue weighted by Crippen LogP contribution is 2.33. The molecule has 0 aliphatic heterocycles. The summed E-state index contributed by atoms with van der Waals surface area (Å²) in [6, 6.07) is 4.20. The molecule has 1 heterocycles. The third-order valence-electron chi connectivity index (χ3n) is 2.31. The Kier molecular flexibility index (Phi) is 2.72. The number of hydrogen-bond donors (Lipinski definition) is 1. The van der Waals surface area contributed by atoms with E-state index in [-0.39, 0.29) is 11.5 Å². The highest BCUT2D eigenvalue weighted by Gasteiger charge is 2.15. The lowest BCUT2D eigenvalue weighted by molar-refractivity contribution is -0.384. The van der Waals surface area contributed by atoms with Crippen LogP contribution in [-0.4, -0.2) is 14.7 Å². The monoisotopic (exact) mass is 252 g/mol. The van der Waals surface area contributed by atoms with Crippen LogP contribution in [0, 0.1) is 10.1 Å². The predicted molar refractivity (Wildman–Crippen MR) is 64.7 cm³/mol. The van der Waals surface area contributed by atoms with Gasteiger partial charge in [0.2, 0.25) is 0 Å². The molecule has 2 rings (SSSR count). The van der Waals surface area contributed by atoms with Crippen molar-refractivity contribution in [3.8, 4) is 11.1 Å². The van der Waals surface area contributed by atoms with Gasteiger partial charge in [0, 0.05) is 41.5 Å². The summed E-state index contributed by atoms with van der Waals surface area (Å²) in [5.74, 6) is 0.287. The molecule has 0 bridgehead atoms. The Balaban J connectivity index is 2.62. The van der Waals surface area contributed by atoms with E-state index >= 15 is 0 Å². The van der Waals surface area contributed by atoms with Crippen molar-refractivity contribution in [2.45, 2.75) is 0 Å². The Morgan fingerprint density at radius 1 is 1.47 bits per heavy atom. The number of nitro groups is 1. The molecule has 0 radical (unpaired) electrons. The van der Waals surface area contributed by atoms with Crippen molar-refractivity contribution in [3.63, 3.8) is 0 Å². The number of hydrogen-bond acceptors (Lipinski definition) is 4. The number of benzene rings is 1. The molecule has 2 N–H and O–H groups in total. The summed E-state index contributed by atoms with van der Waals surface area (Å²) in [4.78, 5) is 10.2. The van der Waals surface area contributed by atoms with Crippen LogP contribution in [0.2, 0.25) is 5.02 Å². The molecule has 0 unspecified atom stereocenters. The molecule has 6 nitrogen and oxygen atoms in total. The molecule has 0 aliphatic carbocycles. The Bertz CT molecular complexity index is 594. The van der Waals surface area contributed by atoms with Gasteiger partial charge in [0.1, 0.15) is 0 Å². The topological polar surface area (TPSA) is 87.0 Å². The number of aryl methyl sites for hydroxylation is 1. The van der Waals surface area contributed by atoms with Crippen LogP contribution in [-0.2, 0) is 7.05 Å². The molecule has 0 spiro atoms. The van der Waals surface area contributed by atoms with Crippen LogP contribution < -0.4 is 5.73 Å². The molecule has 1 aromatic carbocycles. The number of nitrogen functional groups attached to an aromatic ring is 1. The van der Waals surface area contributed by atoms with E-state index in [9.17, 15) is 10.1 Å². The molecular weight excluding hydrogens is 244 g/mol. The van der Waals surface area contributed by atoms with Crippen LogP contribution >= 0.6 is 11.6 Å². The van der Waals surface area contributed by atoms with Gasteiger partial charge in [-0.2, -0.15) is 5.10 Å². The SMILES string of the molecule is Cn1cc(-c2cc([N+](=O)[O-])ccc2Cl)c(N)n1. The molecule has 7 heteroatoms. The summed E-state index contributed by atoms with van der Waals surface area (Å²) < 4.78 is 1.53. The maximum Gasteiger partial charge on any atom is 0.270 e. The van der Waals surface area contributed by atoms with Gasteiger partial charge in [-0.25, -0.2) is 0 Å². The second-order valence-electron chi connectivity index (χ2n) is 3.52. The van der Waals surface area contributed by atoms with E-state index in [4.69, 9.17) is 17.3 Å². The average molecular weight is 253 g/mol. The predicted octanol–water partition coefficient (Wildman–Crippen LogP) is 2.23. The van der Waals surface area contributed by atoms with Crippen molar-refractivity contribution >= 4 is 23.1 Å². The Morgan fingerprint density at radius 2 is 2.18 bits per heavy atom. The van der Waals surface area contributed by atoms with Crippen LogP contribution in [0.15, 0.2) is 24.4 Å². The molecule has 88 valence electrons. The second kappa shape index (κ2) is 4.06. The molecule has 2 aromatic rings. The summed E-state index contributed by atoms with van der Waals surface area (Å²) in [6.45, 7) is 0. The van der Waals surface area contributed by atoms with Gasteiger partial charge in [-0.1, -0.05) is 11.6 Å². The lowest BCUT2D eigenvalue weighted by Crippen LogP contribution is -1.92. The third-order valence-corrected chi connectivity index (χ3v) is 2.64. The molecule has 0 amide bonds. The van der Waals surface area contributed by atoms with E-state index in [0.29, 0.717) is 16.1 Å². The Hall–Kier alpha value is -2.08. The fourth-order valence-electron chi connectivity index (χ4n) is 1.55. The number of rotatable bonds is 2. The average Bonchev–Trinajstić information content (AvgIpc) is 2.58. The first-order valence-electron chi connectivity index (χ1n) is 4.72. The molecule has 0 atom stereocenters. The van der Waals surface area contributed by atoms with Crippen molar-refractivity contribution in [1.29, 1.82) is 0 Å². The molecule has 0 saturated heterocycles. The lowest BCUT2D eigenvalue weighted by Gasteiger charge is -2.02. The van der Waals surface area contributed by atoms with E-state index < -0.39 is 4.92 Å². The highest BCUT2D eigenvalue weighted by atomic mass is 35.5. The molecule has 1 aromatic heterocycles. The lowest BCUT2D eigenvalue weighted by atomic mass is 10.1. The summed E-state index contributed by atoms with van der Waals surface area (Å²) in [6.07, 6.45) is 1.67. The van der Waals surface area contributed by atoms with Crippen LogP contribution in [0.5, 0.6) is 0 Å². The molecular formula is C10H9ClN4O2. The van der Waals surface area contributed by atoms with Gasteiger partial charge in [-0.3, -0.25) is 14.8 Å². The van der Waals surface area contributed by atoms with Crippen LogP contribution in [0.25, 0.3) is 11.1 Å². The number of anilines is 1. The second-order valence-corrected chi connectivity index (χ2v) is 3.93. The zero-order valence-corrected chi connectivity index (χ0v) is 9.68. The van der Waals surface area contributed by atoms with Gasteiger partial charge in [0.05, 0.1) is 4.92 Å². The molecule has 17 heavy (non-hydrogen) atoms. The largest absolute Gasteiger partial charge is 0.382 e. The van der Waals surface area contributed by atoms with Gasteiger partial charge in [0.25, 0.3) is 5.69 Å². The number of halogens is 1. The minimum atomic E-state index is -0.480. The zero-order chi connectivity index (χ0) is 12.6. The van der Waals surface area contributed by atoms with E-state index in [1.54, 1.807) is 13.2 Å². The summed E-state index contributed by atoms with van der Waals surface area (Å²) in [5.41, 5.74) is 6.76. The smallest absolute Gasteiger partial charge is 0.270 e. The van der Waals surface area contributed by atoms with E-state index in [1.807, 2.05) is 0 Å². The maximum absolute atomic E-state index is 10.7. The first-order chi connectivity index (χ1) is 7.99. The number of aromatic nitrogens is 2. The fraction of sp³-hybridized carbons (Fsp3) is 0.100. The molecule has 0 saturated carbocycles. The minimum absolute atomic E-state index is 0.0346. The quantitative estimate of drug-likeness (QED) is 0.656. The van der Waals surface area contributed by atoms with Crippen molar-refractivity contribution in [1.82, 2.24) is 9.78 Å². The van der Waals surface area contributed by atoms with Gasteiger partial charge < -0.3 is 5.73 Å². The number of nitrogens with two attached hydrogens (primary N) is 1. The fourth-order valence-corrected chi connectivity index (χ4v) is 1.77. The highest BCUT2D eigenvalue weighted by molar-refractivity contribution is 6.33. The van der Waals surface area contributed by atoms with Gasteiger partial charge in [-0.15, -0.1) is 0 Å². The maximum atomic E-state index is 10.7. The normalized spacial score (nSPS) is 10.5. The van der Waals surface area contributed by atoms with Crippen LogP contribution in [0.1, 0.15) is 0 Å². The first kappa shape index (κ1) is 11.4. The number of nitro benzene ring substituents is 1.